The minimum absolute atomic E-state index is 0.156. The molecule has 1 saturated heterocycles. The molecule has 1 aromatic carbocycles. The second-order valence-electron chi connectivity index (χ2n) is 5.91. The van der Waals surface area contributed by atoms with Crippen LogP contribution in [0.1, 0.15) is 11.5 Å². The van der Waals surface area contributed by atoms with Gasteiger partial charge in [0.05, 0.1) is 20.3 Å². The summed E-state index contributed by atoms with van der Waals surface area (Å²) in [6, 6.07) is 9.54. The third-order valence-corrected chi connectivity index (χ3v) is 5.28. The number of morpholine rings is 1. The fraction of sp³-hybridized carbons (Fsp3) is 0.333. The molecule has 1 aromatic rings. The van der Waals surface area contributed by atoms with Gasteiger partial charge < -0.3 is 9.64 Å². The van der Waals surface area contributed by atoms with E-state index in [1.165, 1.54) is 13.1 Å². The Hall–Kier alpha value is -1.71. The number of quaternary nitrogens is 1. The van der Waals surface area contributed by atoms with Crippen LogP contribution < -0.4 is 10.6 Å². The van der Waals surface area contributed by atoms with Crippen LogP contribution in [0, 0.1) is 11.3 Å². The van der Waals surface area contributed by atoms with Gasteiger partial charge in [-0.2, -0.15) is 0 Å². The second-order valence-corrected chi connectivity index (χ2v) is 7.63. The van der Waals surface area contributed by atoms with E-state index in [1.807, 2.05) is 24.3 Å². The van der Waals surface area contributed by atoms with Gasteiger partial charge in [-0.25, -0.2) is 0 Å². The average Bonchev–Trinajstić information content (AvgIpc) is 2.63. The number of nitrogens with zero attached hydrogens (tertiary/aromatic N) is 3. The molecule has 0 bridgehead atoms. The third kappa shape index (κ3) is 5.15. The summed E-state index contributed by atoms with van der Waals surface area (Å²) in [4.78, 5) is 5.60. The molecule has 3 N–H and O–H groups in total. The zero-order valence-corrected chi connectivity index (χ0v) is 17.6. The number of amidine groups is 1. The molecule has 26 heavy (non-hydrogen) atoms. The predicted octanol–water partition coefficient (Wildman–Crippen LogP) is 0.504. The Morgan fingerprint density at radius 3 is 2.42 bits per heavy atom. The minimum atomic E-state index is -0.461. The van der Waals surface area contributed by atoms with E-state index in [0.717, 1.165) is 23.2 Å². The van der Waals surface area contributed by atoms with Crippen LogP contribution in [0.15, 0.2) is 49.5 Å². The number of nitriles is 1. The summed E-state index contributed by atoms with van der Waals surface area (Å²) in [5, 5.41) is 18.5. The van der Waals surface area contributed by atoms with Crippen molar-refractivity contribution in [3.05, 3.63) is 55.5 Å². The first-order valence-corrected chi connectivity index (χ1v) is 9.70. The van der Waals surface area contributed by atoms with Crippen LogP contribution in [0.2, 0.25) is 0 Å². The van der Waals surface area contributed by atoms with E-state index < -0.39 is 5.92 Å². The van der Waals surface area contributed by atoms with Gasteiger partial charge in [0.25, 0.3) is 0 Å². The summed E-state index contributed by atoms with van der Waals surface area (Å²) in [5.74, 6) is 1.75. The van der Waals surface area contributed by atoms with Crippen LogP contribution in [0.25, 0.3) is 5.41 Å². The first-order valence-electron chi connectivity index (χ1n) is 8.05. The Bertz CT molecular complexity index is 800. The molecule has 1 fully saturated rings. The number of benzene rings is 1. The Labute approximate surface area is 169 Å². The van der Waals surface area contributed by atoms with Crippen LogP contribution in [0.3, 0.4) is 0 Å². The van der Waals surface area contributed by atoms with Crippen molar-refractivity contribution in [2.45, 2.75) is 5.92 Å². The van der Waals surface area contributed by atoms with Crippen LogP contribution in [-0.4, -0.2) is 61.1 Å². The normalized spacial score (nSPS) is 20.4. The van der Waals surface area contributed by atoms with Crippen LogP contribution in [0.5, 0.6) is 0 Å². The van der Waals surface area contributed by atoms with Crippen molar-refractivity contribution in [2.75, 3.05) is 33.4 Å². The number of hydrogen-bond acceptors (Lipinski definition) is 4. The number of likely N-dealkylation sites (N-methyl/N-ethyl adjacent to an activating group) is 1. The molecule has 2 heterocycles. The van der Waals surface area contributed by atoms with Crippen molar-refractivity contribution in [1.29, 1.82) is 5.26 Å². The topological polar surface area (TPSA) is 98.1 Å². The quantitative estimate of drug-likeness (QED) is 0.453. The zero-order chi connectivity index (χ0) is 19.1. The molecular weight excluding hydrogens is 461 g/mol. The van der Waals surface area contributed by atoms with E-state index in [4.69, 9.17) is 10.5 Å². The second kappa shape index (κ2) is 9.84. The zero-order valence-electron chi connectivity index (χ0n) is 14.3. The maximum absolute atomic E-state index is 9.28. The molecule has 2 aliphatic heterocycles. The molecule has 0 amide bonds. The number of nitrogens with one attached hydrogen (secondary N) is 1. The molecule has 3 rings (SSSR count). The van der Waals surface area contributed by atoms with E-state index >= 15 is 0 Å². The number of hydrogen-bond donors (Lipinski definition) is 2. The first-order chi connectivity index (χ1) is 12.5. The van der Waals surface area contributed by atoms with Gasteiger partial charge in [0.1, 0.15) is 13.1 Å². The van der Waals surface area contributed by atoms with Gasteiger partial charge in [0.2, 0.25) is 0 Å². The Morgan fingerprint density at radius 2 is 1.96 bits per heavy atom. The third-order valence-electron chi connectivity index (χ3n) is 4.10. The summed E-state index contributed by atoms with van der Waals surface area (Å²) < 4.78 is 6.48. The fourth-order valence-electron chi connectivity index (χ4n) is 2.59. The number of ether oxygens (including phenoxy) is 1. The summed E-state index contributed by atoms with van der Waals surface area (Å²) in [5.41, 5.74) is 7.32. The number of nitrogens with two attached hydrogens (primary N) is 1. The maximum atomic E-state index is 9.28. The molecule has 0 aromatic heterocycles. The Kier molecular flexibility index (Phi) is 7.80. The van der Waals surface area contributed by atoms with E-state index in [9.17, 15) is 10.7 Å². The number of aliphatic imine (C=N–C) groups is 1. The van der Waals surface area contributed by atoms with Crippen molar-refractivity contribution in [3.63, 3.8) is 0 Å². The average molecular weight is 480 g/mol. The van der Waals surface area contributed by atoms with Crippen molar-refractivity contribution in [2.24, 2.45) is 10.7 Å². The van der Waals surface area contributed by atoms with Gasteiger partial charge in [-0.3, -0.25) is 0 Å². The van der Waals surface area contributed by atoms with E-state index in [1.54, 1.807) is 4.90 Å². The molecule has 0 spiro atoms. The number of halogens is 1. The van der Waals surface area contributed by atoms with Crippen LogP contribution in [0.4, 0.5) is 0 Å². The van der Waals surface area contributed by atoms with Gasteiger partial charge in [-0.1, -0.05) is 0 Å². The Balaban J connectivity index is 0.000000290. The molecule has 1 radical (unpaired) electrons. The SMILES string of the molecule is C[NH+]1CCOCC1.N#CC1=C([Se])N=C(N)C(=C=[N-])C1c1ccc(Br)cc1. The van der Waals surface area contributed by atoms with E-state index in [2.05, 4.69) is 55.9 Å². The van der Waals surface area contributed by atoms with Gasteiger partial charge >= 0.3 is 127 Å². The van der Waals surface area contributed by atoms with Gasteiger partial charge in [-0.05, 0) is 0 Å². The number of rotatable bonds is 1. The molecule has 1 atom stereocenters. The van der Waals surface area contributed by atoms with Gasteiger partial charge in [0, 0.05) is 0 Å². The Morgan fingerprint density at radius 1 is 1.35 bits per heavy atom. The fourth-order valence-corrected chi connectivity index (χ4v) is 3.40. The summed E-state index contributed by atoms with van der Waals surface area (Å²) in [6.07, 6.45) is 0. The predicted molar refractivity (Wildman–Crippen MR) is 106 cm³/mol. The summed E-state index contributed by atoms with van der Waals surface area (Å²) in [6.45, 7) is 4.26. The van der Waals surface area contributed by atoms with Crippen LogP contribution in [-0.2, 0) is 4.74 Å². The van der Waals surface area contributed by atoms with Crippen molar-refractivity contribution in [3.8, 4) is 6.07 Å². The van der Waals surface area contributed by atoms with Crippen molar-refractivity contribution in [1.82, 2.24) is 0 Å². The summed E-state index contributed by atoms with van der Waals surface area (Å²) >= 11 is 6.08. The first kappa shape index (κ1) is 20.6. The van der Waals surface area contributed by atoms with Gasteiger partial charge in [-0.15, -0.1) is 0 Å². The molecule has 1 unspecified atom stereocenters. The molecule has 8 heteroatoms. The molecule has 0 saturated carbocycles. The molecular formula is C18H19BrN5OSe. The van der Waals surface area contributed by atoms with Crippen molar-refractivity contribution < 1.29 is 9.64 Å². The van der Waals surface area contributed by atoms with E-state index in [-0.39, 0.29) is 5.84 Å². The summed E-state index contributed by atoms with van der Waals surface area (Å²) in [7, 11) is 2.20. The molecule has 2 aliphatic rings. The van der Waals surface area contributed by atoms with Crippen LogP contribution >= 0.6 is 15.9 Å². The number of allylic oxidation sites excluding steroid dienone is 1. The van der Waals surface area contributed by atoms with E-state index in [0.29, 0.717) is 15.7 Å². The molecule has 6 nitrogen and oxygen atoms in total. The van der Waals surface area contributed by atoms with Crippen molar-refractivity contribution >= 4 is 43.6 Å². The van der Waals surface area contributed by atoms with Gasteiger partial charge in [0.15, 0.2) is 0 Å². The molecule has 0 aliphatic carbocycles. The molecule has 135 valence electrons. The monoisotopic (exact) mass is 480 g/mol. The standard InChI is InChI=1S/C13H7BrN4Se.C5H11NO/c14-8-3-1-7(2-4-8)11-9(5-15)12(17)18-13(19)10(11)6-16;1-6-2-4-7-5-3-6/h1-4,11H,(H2,17,18);2-5H2,1H3/q-1;/p+1.